The van der Waals surface area contributed by atoms with Gasteiger partial charge in [0.15, 0.2) is 0 Å². The lowest BCUT2D eigenvalue weighted by molar-refractivity contribution is -0.158. The van der Waals surface area contributed by atoms with E-state index in [0.29, 0.717) is 5.69 Å². The normalized spacial score (nSPS) is 13.2. The zero-order valence-corrected chi connectivity index (χ0v) is 12.0. The van der Waals surface area contributed by atoms with Gasteiger partial charge in [-0.05, 0) is 32.8 Å². The third-order valence-corrected chi connectivity index (χ3v) is 2.36. The van der Waals surface area contributed by atoms with Crippen LogP contribution in [0, 0.1) is 5.92 Å². The average Bonchev–Trinajstić information content (AvgIpc) is 2.75. The Labute approximate surface area is 112 Å². The van der Waals surface area contributed by atoms with E-state index in [9.17, 15) is 9.59 Å². The van der Waals surface area contributed by atoms with Gasteiger partial charge in [0.25, 0.3) is 5.91 Å². The van der Waals surface area contributed by atoms with Crippen LogP contribution in [0.25, 0.3) is 0 Å². The van der Waals surface area contributed by atoms with Crippen LogP contribution in [0.5, 0.6) is 0 Å². The molecule has 6 nitrogen and oxygen atoms in total. The molecule has 1 aromatic rings. The maximum atomic E-state index is 12.0. The first-order chi connectivity index (χ1) is 8.70. The fraction of sp³-hybridized carbons (Fsp3) is 0.615. The largest absolute Gasteiger partial charge is 0.458 e. The SMILES string of the molecule is CC(C)[C@@H](NC(=O)c1ccn[nH]1)C(=O)OC(C)(C)C. The van der Waals surface area contributed by atoms with Crippen molar-refractivity contribution in [3.05, 3.63) is 18.0 Å². The minimum absolute atomic E-state index is 0.0679. The van der Waals surface area contributed by atoms with Crippen molar-refractivity contribution >= 4 is 11.9 Å². The molecule has 0 unspecified atom stereocenters. The Kier molecular flexibility index (Phi) is 4.69. The zero-order valence-electron chi connectivity index (χ0n) is 12.0. The number of H-pyrrole nitrogens is 1. The monoisotopic (exact) mass is 267 g/mol. The van der Waals surface area contributed by atoms with E-state index in [1.165, 1.54) is 6.20 Å². The Morgan fingerprint density at radius 2 is 2.00 bits per heavy atom. The fourth-order valence-corrected chi connectivity index (χ4v) is 1.46. The molecule has 0 radical (unpaired) electrons. The molecule has 0 saturated heterocycles. The first-order valence-corrected chi connectivity index (χ1v) is 6.24. The maximum absolute atomic E-state index is 12.0. The van der Waals surface area contributed by atoms with E-state index >= 15 is 0 Å². The van der Waals surface area contributed by atoms with Gasteiger partial charge in [0.1, 0.15) is 17.3 Å². The predicted octanol–water partition coefficient (Wildman–Crippen LogP) is 1.51. The number of aromatic nitrogens is 2. The van der Waals surface area contributed by atoms with Crippen molar-refractivity contribution in [3.8, 4) is 0 Å². The molecular weight excluding hydrogens is 246 g/mol. The van der Waals surface area contributed by atoms with Gasteiger partial charge in [-0.2, -0.15) is 5.10 Å². The Bertz CT molecular complexity index is 432. The highest BCUT2D eigenvalue weighted by Crippen LogP contribution is 2.12. The number of nitrogens with zero attached hydrogens (tertiary/aromatic N) is 1. The lowest BCUT2D eigenvalue weighted by atomic mass is 10.0. The summed E-state index contributed by atoms with van der Waals surface area (Å²) in [5.74, 6) is -0.876. The van der Waals surface area contributed by atoms with Gasteiger partial charge in [-0.25, -0.2) is 4.79 Å². The van der Waals surface area contributed by atoms with Crippen LogP contribution in [0.4, 0.5) is 0 Å². The molecule has 106 valence electrons. The maximum Gasteiger partial charge on any atom is 0.329 e. The zero-order chi connectivity index (χ0) is 14.6. The molecule has 0 fully saturated rings. The Balaban J connectivity index is 2.73. The lowest BCUT2D eigenvalue weighted by Crippen LogP contribution is -2.47. The van der Waals surface area contributed by atoms with Gasteiger partial charge in [0, 0.05) is 6.20 Å². The van der Waals surface area contributed by atoms with Crippen LogP contribution in [0.15, 0.2) is 12.3 Å². The number of carbonyl (C=O) groups is 2. The minimum atomic E-state index is -0.685. The molecular formula is C13H21N3O3. The lowest BCUT2D eigenvalue weighted by Gasteiger charge is -2.26. The van der Waals surface area contributed by atoms with E-state index in [2.05, 4.69) is 15.5 Å². The van der Waals surface area contributed by atoms with Crippen molar-refractivity contribution in [3.63, 3.8) is 0 Å². The van der Waals surface area contributed by atoms with E-state index in [1.807, 2.05) is 13.8 Å². The number of hydrogen-bond acceptors (Lipinski definition) is 4. The molecule has 19 heavy (non-hydrogen) atoms. The van der Waals surface area contributed by atoms with Crippen LogP contribution in [0.1, 0.15) is 45.1 Å². The molecule has 0 aliphatic heterocycles. The van der Waals surface area contributed by atoms with Crippen molar-refractivity contribution in [2.24, 2.45) is 5.92 Å². The third-order valence-electron chi connectivity index (χ3n) is 2.36. The fourth-order valence-electron chi connectivity index (χ4n) is 1.46. The summed E-state index contributed by atoms with van der Waals surface area (Å²) >= 11 is 0. The van der Waals surface area contributed by atoms with Crippen LogP contribution < -0.4 is 5.32 Å². The van der Waals surface area contributed by atoms with Crippen molar-refractivity contribution in [2.45, 2.75) is 46.3 Å². The standard InChI is InChI=1S/C13H21N3O3/c1-8(2)10(12(18)19-13(3,4)5)15-11(17)9-6-7-14-16-9/h6-8,10H,1-5H3,(H,14,16)(H,15,17)/t10-/m1/s1. The first-order valence-electron chi connectivity index (χ1n) is 6.24. The van der Waals surface area contributed by atoms with Gasteiger partial charge in [0.05, 0.1) is 0 Å². The van der Waals surface area contributed by atoms with Crippen LogP contribution in [0.3, 0.4) is 0 Å². The molecule has 1 atom stereocenters. The van der Waals surface area contributed by atoms with Gasteiger partial charge >= 0.3 is 5.97 Å². The summed E-state index contributed by atoms with van der Waals surface area (Å²) < 4.78 is 5.30. The summed E-state index contributed by atoms with van der Waals surface area (Å²) in [5, 5.41) is 8.91. The van der Waals surface area contributed by atoms with Gasteiger partial charge in [-0.15, -0.1) is 0 Å². The number of esters is 1. The molecule has 1 rings (SSSR count). The molecule has 1 amide bonds. The summed E-state index contributed by atoms with van der Waals surface area (Å²) in [6.07, 6.45) is 1.48. The smallest absolute Gasteiger partial charge is 0.329 e. The number of carbonyl (C=O) groups excluding carboxylic acids is 2. The highest BCUT2D eigenvalue weighted by molar-refractivity contribution is 5.95. The summed E-state index contributed by atoms with van der Waals surface area (Å²) in [5.41, 5.74) is -0.266. The second kappa shape index (κ2) is 5.86. The molecule has 0 aliphatic rings. The van der Waals surface area contributed by atoms with Crippen LogP contribution in [-0.2, 0) is 9.53 Å². The van der Waals surface area contributed by atoms with Crippen molar-refractivity contribution in [1.82, 2.24) is 15.5 Å². The second-order valence-electron chi connectivity index (χ2n) is 5.70. The van der Waals surface area contributed by atoms with E-state index in [-0.39, 0.29) is 11.8 Å². The molecule has 0 saturated carbocycles. The molecule has 0 bridgehead atoms. The number of nitrogens with one attached hydrogen (secondary N) is 2. The van der Waals surface area contributed by atoms with Gasteiger partial charge in [-0.3, -0.25) is 9.89 Å². The third kappa shape index (κ3) is 4.73. The van der Waals surface area contributed by atoms with Gasteiger partial charge in [0.2, 0.25) is 0 Å². The van der Waals surface area contributed by atoms with Crippen molar-refractivity contribution < 1.29 is 14.3 Å². The number of rotatable bonds is 4. The summed E-state index contributed by atoms with van der Waals surface area (Å²) in [6.45, 7) is 9.07. The van der Waals surface area contributed by atoms with E-state index in [1.54, 1.807) is 26.8 Å². The number of aromatic amines is 1. The van der Waals surface area contributed by atoms with Gasteiger partial charge < -0.3 is 10.1 Å². The van der Waals surface area contributed by atoms with E-state index in [0.717, 1.165) is 0 Å². The summed E-state index contributed by atoms with van der Waals surface area (Å²) in [7, 11) is 0. The molecule has 0 spiro atoms. The van der Waals surface area contributed by atoms with Crippen molar-refractivity contribution in [1.29, 1.82) is 0 Å². The summed E-state index contributed by atoms with van der Waals surface area (Å²) in [4.78, 5) is 23.9. The molecule has 2 N–H and O–H groups in total. The van der Waals surface area contributed by atoms with Gasteiger partial charge in [-0.1, -0.05) is 13.8 Å². The topological polar surface area (TPSA) is 84.1 Å². The minimum Gasteiger partial charge on any atom is -0.458 e. The van der Waals surface area contributed by atoms with Crippen molar-refractivity contribution in [2.75, 3.05) is 0 Å². The summed E-state index contributed by atoms with van der Waals surface area (Å²) in [6, 6.07) is 0.858. The highest BCUT2D eigenvalue weighted by Gasteiger charge is 2.29. The molecule has 1 heterocycles. The Morgan fingerprint density at radius 3 is 2.42 bits per heavy atom. The highest BCUT2D eigenvalue weighted by atomic mass is 16.6. The number of amides is 1. The van der Waals surface area contributed by atoms with Crippen LogP contribution in [0.2, 0.25) is 0 Å². The molecule has 0 aliphatic carbocycles. The molecule has 6 heteroatoms. The Morgan fingerprint density at radius 1 is 1.37 bits per heavy atom. The van der Waals surface area contributed by atoms with Crippen LogP contribution in [-0.4, -0.2) is 33.7 Å². The van der Waals surface area contributed by atoms with Crippen LogP contribution >= 0.6 is 0 Å². The number of ether oxygens (including phenoxy) is 1. The average molecular weight is 267 g/mol. The molecule has 1 aromatic heterocycles. The second-order valence-corrected chi connectivity index (χ2v) is 5.70. The quantitative estimate of drug-likeness (QED) is 0.810. The molecule has 0 aromatic carbocycles. The Hall–Kier alpha value is -1.85. The predicted molar refractivity (Wildman–Crippen MR) is 70.5 cm³/mol. The van der Waals surface area contributed by atoms with E-state index < -0.39 is 17.6 Å². The first kappa shape index (κ1) is 15.2. The van der Waals surface area contributed by atoms with E-state index in [4.69, 9.17) is 4.74 Å². The number of hydrogen-bond donors (Lipinski definition) is 2.